The number of halogens is 1. The molecule has 0 aliphatic rings. The molecule has 0 aromatic heterocycles. The zero-order valence-electron chi connectivity index (χ0n) is 11.7. The number of nitrogens with one attached hydrogen (secondary N) is 2. The predicted molar refractivity (Wildman–Crippen MR) is 87.7 cm³/mol. The highest BCUT2D eigenvalue weighted by molar-refractivity contribution is 9.10. The highest BCUT2D eigenvalue weighted by Crippen LogP contribution is 2.17. The van der Waals surface area contributed by atoms with Crippen LogP contribution in [0.2, 0.25) is 0 Å². The highest BCUT2D eigenvalue weighted by atomic mass is 79.9. The molecule has 9 heteroatoms. The molecule has 0 saturated heterocycles. The van der Waals surface area contributed by atoms with Crippen LogP contribution in [0.5, 0.6) is 5.75 Å². The summed E-state index contributed by atoms with van der Waals surface area (Å²) >= 11 is 3.29. The van der Waals surface area contributed by atoms with Gasteiger partial charge < -0.3 is 15.3 Å². The smallest absolute Gasteiger partial charge is 0.341 e. The quantitative estimate of drug-likeness (QED) is 0.615. The Balaban J connectivity index is 2.01. The molecule has 2 aromatic carbocycles. The summed E-state index contributed by atoms with van der Waals surface area (Å²) < 4.78 is 30.1. The van der Waals surface area contributed by atoms with Gasteiger partial charge in [0.15, 0.2) is 6.61 Å². The summed E-state index contributed by atoms with van der Waals surface area (Å²) in [6.07, 6.45) is 0. The van der Waals surface area contributed by atoms with Crippen LogP contribution in [0.15, 0.2) is 57.9 Å². The van der Waals surface area contributed by atoms with Crippen LogP contribution < -0.4 is 15.0 Å². The molecular formula is C14H13BrN2O5S. The Morgan fingerprint density at radius 1 is 1.09 bits per heavy atom. The van der Waals surface area contributed by atoms with Gasteiger partial charge in [0.25, 0.3) is 10.0 Å². The van der Waals surface area contributed by atoms with Crippen molar-refractivity contribution in [3.63, 3.8) is 0 Å². The SMILES string of the molecule is O=C(O)COc1ccc(S(=O)(=O)NNc2ccc(Br)cc2)cc1. The van der Waals surface area contributed by atoms with E-state index < -0.39 is 22.6 Å². The Bertz CT molecular complexity index is 776. The van der Waals surface area contributed by atoms with E-state index in [2.05, 4.69) is 26.2 Å². The molecule has 0 radical (unpaired) electrons. The van der Waals surface area contributed by atoms with E-state index in [1.54, 1.807) is 24.3 Å². The number of aliphatic carboxylic acids is 1. The van der Waals surface area contributed by atoms with E-state index in [4.69, 9.17) is 9.84 Å². The van der Waals surface area contributed by atoms with Crippen molar-refractivity contribution in [3.05, 3.63) is 53.0 Å². The van der Waals surface area contributed by atoms with Crippen molar-refractivity contribution in [2.24, 2.45) is 0 Å². The summed E-state index contributed by atoms with van der Waals surface area (Å²) in [5.41, 5.74) is 3.18. The van der Waals surface area contributed by atoms with Crippen molar-refractivity contribution >= 4 is 37.6 Å². The number of anilines is 1. The third kappa shape index (κ3) is 5.23. The van der Waals surface area contributed by atoms with Crippen molar-refractivity contribution in [2.45, 2.75) is 4.90 Å². The van der Waals surface area contributed by atoms with E-state index in [-0.39, 0.29) is 10.6 Å². The van der Waals surface area contributed by atoms with Gasteiger partial charge in [-0.2, -0.15) is 0 Å². The Kier molecular flexibility index (Phi) is 5.59. The molecule has 0 aliphatic carbocycles. The molecule has 0 saturated carbocycles. The van der Waals surface area contributed by atoms with Gasteiger partial charge in [-0.25, -0.2) is 13.2 Å². The number of carboxylic acids is 1. The lowest BCUT2D eigenvalue weighted by Gasteiger charge is -2.10. The molecule has 0 aliphatic heterocycles. The molecule has 23 heavy (non-hydrogen) atoms. The molecule has 0 fully saturated rings. The van der Waals surface area contributed by atoms with Crippen molar-refractivity contribution < 1.29 is 23.1 Å². The molecule has 122 valence electrons. The maximum atomic E-state index is 12.1. The Hall–Kier alpha value is -2.10. The molecule has 0 unspecified atom stereocenters. The van der Waals surface area contributed by atoms with Gasteiger partial charge in [-0.05, 0) is 48.5 Å². The molecule has 0 atom stereocenters. The van der Waals surface area contributed by atoms with Crippen LogP contribution in [0.4, 0.5) is 5.69 Å². The first-order valence-electron chi connectivity index (χ1n) is 6.35. The lowest BCUT2D eigenvalue weighted by molar-refractivity contribution is -0.139. The summed E-state index contributed by atoms with van der Waals surface area (Å²) in [7, 11) is -3.76. The van der Waals surface area contributed by atoms with Gasteiger partial charge in [0.2, 0.25) is 0 Å². The van der Waals surface area contributed by atoms with E-state index in [1.807, 2.05) is 0 Å². The second kappa shape index (κ2) is 7.44. The molecular weight excluding hydrogens is 388 g/mol. The van der Waals surface area contributed by atoms with Crippen LogP contribution in [0, 0.1) is 0 Å². The van der Waals surface area contributed by atoms with Gasteiger partial charge in [-0.1, -0.05) is 15.9 Å². The number of ether oxygens (including phenoxy) is 1. The Morgan fingerprint density at radius 2 is 1.70 bits per heavy atom. The van der Waals surface area contributed by atoms with Gasteiger partial charge in [0.05, 0.1) is 4.90 Å². The maximum absolute atomic E-state index is 12.1. The topological polar surface area (TPSA) is 105 Å². The van der Waals surface area contributed by atoms with Crippen molar-refractivity contribution in [2.75, 3.05) is 12.0 Å². The summed E-state index contributed by atoms with van der Waals surface area (Å²) in [5, 5.41) is 8.51. The van der Waals surface area contributed by atoms with Crippen LogP contribution in [-0.2, 0) is 14.8 Å². The average molecular weight is 401 g/mol. The fraction of sp³-hybridized carbons (Fsp3) is 0.0714. The van der Waals surface area contributed by atoms with Gasteiger partial charge >= 0.3 is 5.97 Å². The third-order valence-electron chi connectivity index (χ3n) is 2.67. The van der Waals surface area contributed by atoms with Crippen LogP contribution in [0.3, 0.4) is 0 Å². The number of benzene rings is 2. The molecule has 0 spiro atoms. The fourth-order valence-electron chi connectivity index (χ4n) is 1.58. The summed E-state index contributed by atoms with van der Waals surface area (Å²) in [6, 6.07) is 12.4. The molecule has 2 aromatic rings. The van der Waals surface area contributed by atoms with E-state index >= 15 is 0 Å². The van der Waals surface area contributed by atoms with Gasteiger partial charge in [0.1, 0.15) is 5.75 Å². The van der Waals surface area contributed by atoms with Crippen molar-refractivity contribution in [1.82, 2.24) is 4.83 Å². The van der Waals surface area contributed by atoms with Crippen LogP contribution in [0.25, 0.3) is 0 Å². The van der Waals surface area contributed by atoms with Gasteiger partial charge in [0, 0.05) is 10.2 Å². The summed E-state index contributed by atoms with van der Waals surface area (Å²) in [4.78, 5) is 12.7. The lowest BCUT2D eigenvalue weighted by Crippen LogP contribution is -2.29. The standard InChI is InChI=1S/C14H13BrN2O5S/c15-10-1-3-11(4-2-10)16-17-23(20,21)13-7-5-12(6-8-13)22-9-14(18)19/h1-8,16-17H,9H2,(H,18,19). The third-order valence-corrected chi connectivity index (χ3v) is 4.46. The largest absolute Gasteiger partial charge is 0.482 e. The van der Waals surface area contributed by atoms with Crippen molar-refractivity contribution in [1.29, 1.82) is 0 Å². The molecule has 2 rings (SSSR count). The van der Waals surface area contributed by atoms with Crippen molar-refractivity contribution in [3.8, 4) is 5.75 Å². The molecule has 0 heterocycles. The van der Waals surface area contributed by atoms with Gasteiger partial charge in [-0.3, -0.25) is 0 Å². The lowest BCUT2D eigenvalue weighted by atomic mass is 10.3. The molecule has 0 amide bonds. The Morgan fingerprint density at radius 3 is 2.26 bits per heavy atom. The first-order chi connectivity index (χ1) is 10.9. The zero-order valence-corrected chi connectivity index (χ0v) is 14.1. The average Bonchev–Trinajstić information content (AvgIpc) is 2.53. The number of hydrazine groups is 1. The highest BCUT2D eigenvalue weighted by Gasteiger charge is 2.13. The number of rotatable bonds is 7. The van der Waals surface area contributed by atoms with E-state index in [1.165, 1.54) is 24.3 Å². The minimum Gasteiger partial charge on any atom is -0.482 e. The summed E-state index contributed by atoms with van der Waals surface area (Å²) in [6.45, 7) is -0.491. The second-order valence-corrected chi connectivity index (χ2v) is 6.99. The van der Waals surface area contributed by atoms with E-state index in [0.29, 0.717) is 5.69 Å². The maximum Gasteiger partial charge on any atom is 0.341 e. The van der Waals surface area contributed by atoms with E-state index in [9.17, 15) is 13.2 Å². The minimum absolute atomic E-state index is 0.0183. The zero-order chi connectivity index (χ0) is 16.9. The second-order valence-electron chi connectivity index (χ2n) is 4.39. The van der Waals surface area contributed by atoms with Gasteiger partial charge in [-0.15, -0.1) is 4.83 Å². The van der Waals surface area contributed by atoms with Crippen LogP contribution >= 0.6 is 15.9 Å². The first kappa shape index (κ1) is 17.3. The number of carboxylic acid groups (broad SMARTS) is 1. The fourth-order valence-corrected chi connectivity index (χ4v) is 2.71. The normalized spacial score (nSPS) is 11.0. The minimum atomic E-state index is -3.76. The number of hydrogen-bond acceptors (Lipinski definition) is 5. The van der Waals surface area contributed by atoms with Crippen LogP contribution in [-0.4, -0.2) is 26.1 Å². The molecule has 7 nitrogen and oxygen atoms in total. The molecule has 3 N–H and O–H groups in total. The monoisotopic (exact) mass is 400 g/mol. The number of carbonyl (C=O) groups is 1. The summed E-state index contributed by atoms with van der Waals surface area (Å²) in [5.74, 6) is -0.839. The number of sulfonamides is 1. The molecule has 0 bridgehead atoms. The van der Waals surface area contributed by atoms with E-state index in [0.717, 1.165) is 4.47 Å². The predicted octanol–water partition coefficient (Wildman–Crippen LogP) is 2.22. The van der Waals surface area contributed by atoms with Crippen LogP contribution in [0.1, 0.15) is 0 Å². The number of hydrogen-bond donors (Lipinski definition) is 3. The Labute approximate surface area is 141 Å². The first-order valence-corrected chi connectivity index (χ1v) is 8.62.